The Morgan fingerprint density at radius 1 is 0.310 bits per heavy atom. The molecule has 11 aromatic carbocycles. The largest absolute Gasteiger partial charge is 0.307 e. The van der Waals surface area contributed by atoms with Gasteiger partial charge in [0.15, 0.2) is 0 Å². The first-order valence-corrected chi connectivity index (χ1v) is 20.8. The van der Waals surface area contributed by atoms with E-state index in [0.29, 0.717) is 0 Å². The highest BCUT2D eigenvalue weighted by atomic mass is 32.1. The molecule has 0 amide bonds. The number of nitrogens with zero attached hydrogens (tertiary/aromatic N) is 1. The fourth-order valence-electron chi connectivity index (χ4n) is 10.1. The topological polar surface area (TPSA) is 4.93 Å². The monoisotopic (exact) mass is 751 g/mol. The number of thiophene rings is 1. The van der Waals surface area contributed by atoms with E-state index in [1.54, 1.807) is 0 Å². The van der Waals surface area contributed by atoms with Gasteiger partial charge >= 0.3 is 0 Å². The summed E-state index contributed by atoms with van der Waals surface area (Å²) in [7, 11) is 0. The molecule has 0 unspecified atom stereocenters. The molecule has 1 nitrogen and oxygen atoms in total. The van der Waals surface area contributed by atoms with Crippen molar-refractivity contribution in [3.8, 4) is 27.9 Å². The number of hydrogen-bond acceptors (Lipinski definition) is 1. The van der Waals surface area contributed by atoms with Crippen LogP contribution in [-0.2, 0) is 0 Å². The molecule has 0 fully saturated rings. The highest BCUT2D eigenvalue weighted by Gasteiger charge is 2.21. The maximum absolute atomic E-state index is 2.54. The zero-order valence-corrected chi connectivity index (χ0v) is 32.2. The van der Waals surface area contributed by atoms with Gasteiger partial charge < -0.3 is 4.57 Å². The number of benzene rings is 11. The van der Waals surface area contributed by atoms with Crippen molar-refractivity contribution in [2.45, 2.75) is 0 Å². The summed E-state index contributed by atoms with van der Waals surface area (Å²) in [5.74, 6) is 0. The maximum atomic E-state index is 2.54. The zero-order chi connectivity index (χ0) is 37.9. The summed E-state index contributed by atoms with van der Waals surface area (Å²) in [5, 5.41) is 18.0. The Morgan fingerprint density at radius 3 is 1.59 bits per heavy atom. The number of rotatable bonds is 3. The Hall–Kier alpha value is -7.26. The number of para-hydroxylation sites is 2. The molecule has 0 N–H and O–H groups in total. The summed E-state index contributed by atoms with van der Waals surface area (Å²) in [6.45, 7) is 0. The smallest absolute Gasteiger partial charge is 0.0641 e. The molecule has 0 aliphatic carbocycles. The Labute approximate surface area is 338 Å². The molecule has 268 valence electrons. The fourth-order valence-corrected chi connectivity index (χ4v) is 11.3. The van der Waals surface area contributed by atoms with Crippen molar-refractivity contribution in [3.05, 3.63) is 200 Å². The van der Waals surface area contributed by atoms with Crippen LogP contribution in [0, 0.1) is 0 Å². The molecule has 2 aromatic heterocycles. The van der Waals surface area contributed by atoms with Crippen molar-refractivity contribution < 1.29 is 0 Å². The van der Waals surface area contributed by atoms with Crippen LogP contribution in [0.2, 0.25) is 0 Å². The second-order valence-electron chi connectivity index (χ2n) is 15.5. The lowest BCUT2D eigenvalue weighted by atomic mass is 9.85. The first-order valence-electron chi connectivity index (χ1n) is 20.0. The quantitative estimate of drug-likeness (QED) is 0.158. The minimum absolute atomic E-state index is 1.21. The van der Waals surface area contributed by atoms with Gasteiger partial charge in [-0.2, -0.15) is 0 Å². The van der Waals surface area contributed by atoms with Crippen LogP contribution in [0.25, 0.3) is 124 Å². The highest BCUT2D eigenvalue weighted by Crippen LogP contribution is 2.47. The molecule has 2 heterocycles. The summed E-state index contributed by atoms with van der Waals surface area (Å²) in [4.78, 5) is 0. The van der Waals surface area contributed by atoms with Gasteiger partial charge in [0.05, 0.1) is 21.4 Å². The van der Waals surface area contributed by atoms with Gasteiger partial charge in [-0.1, -0.05) is 170 Å². The molecule has 0 bridgehead atoms. The van der Waals surface area contributed by atoms with Crippen LogP contribution in [0.1, 0.15) is 0 Å². The Kier molecular flexibility index (Phi) is 6.66. The molecule has 0 atom stereocenters. The third kappa shape index (κ3) is 4.41. The Balaban J connectivity index is 1.17. The van der Waals surface area contributed by atoms with Crippen LogP contribution >= 0.6 is 11.3 Å². The third-order valence-corrected chi connectivity index (χ3v) is 13.7. The number of fused-ring (bicyclic) bond motifs is 17. The molecule has 13 aromatic rings. The molecule has 0 radical (unpaired) electrons. The molecule has 13 rings (SSSR count). The summed E-state index contributed by atoms with van der Waals surface area (Å²) in [6, 6.07) is 74.5. The van der Waals surface area contributed by atoms with E-state index < -0.39 is 0 Å². The van der Waals surface area contributed by atoms with Crippen molar-refractivity contribution in [3.63, 3.8) is 0 Å². The van der Waals surface area contributed by atoms with Gasteiger partial charge in [0.2, 0.25) is 0 Å². The minimum Gasteiger partial charge on any atom is -0.307 e. The molecule has 0 aliphatic heterocycles. The molecule has 0 spiro atoms. The van der Waals surface area contributed by atoms with Gasteiger partial charge in [0, 0.05) is 31.8 Å². The van der Waals surface area contributed by atoms with Crippen LogP contribution in [0.3, 0.4) is 0 Å². The zero-order valence-electron chi connectivity index (χ0n) is 31.4. The van der Waals surface area contributed by atoms with Crippen molar-refractivity contribution in [2.24, 2.45) is 0 Å². The second kappa shape index (κ2) is 12.1. The fraction of sp³-hybridized carbons (Fsp3) is 0. The highest BCUT2D eigenvalue weighted by molar-refractivity contribution is 7.26. The predicted molar refractivity (Wildman–Crippen MR) is 252 cm³/mol. The number of hydrogen-bond donors (Lipinski definition) is 0. The van der Waals surface area contributed by atoms with Crippen LogP contribution in [0.4, 0.5) is 0 Å². The van der Waals surface area contributed by atoms with Crippen molar-refractivity contribution in [2.75, 3.05) is 0 Å². The van der Waals surface area contributed by atoms with E-state index in [1.807, 2.05) is 11.3 Å². The molecule has 2 heteroatoms. The van der Waals surface area contributed by atoms with E-state index in [0.717, 1.165) is 0 Å². The van der Waals surface area contributed by atoms with Crippen molar-refractivity contribution in [1.82, 2.24) is 4.57 Å². The predicted octanol–water partition coefficient (Wildman–Crippen LogP) is 16.3. The van der Waals surface area contributed by atoms with Gasteiger partial charge in [0.1, 0.15) is 0 Å². The molecule has 0 saturated carbocycles. The molecule has 0 saturated heterocycles. The maximum Gasteiger partial charge on any atom is 0.0641 e. The lowest BCUT2D eigenvalue weighted by Crippen LogP contribution is -1.96. The van der Waals surface area contributed by atoms with E-state index in [4.69, 9.17) is 0 Å². The first-order chi connectivity index (χ1) is 28.8. The number of aromatic nitrogens is 1. The summed E-state index contributed by atoms with van der Waals surface area (Å²) < 4.78 is 5.16. The minimum atomic E-state index is 1.21. The van der Waals surface area contributed by atoms with Crippen LogP contribution in [0.15, 0.2) is 200 Å². The SMILES string of the molecule is c1ccc(-c2ccc3c4ccc(-c5cccc6c7ccccc7n(-c7cccc8c7sc7ccccc78)c56)cc4c4c5ccccc5c5ccccc5c4c3c2)cc1. The molecule has 58 heavy (non-hydrogen) atoms. The van der Waals surface area contributed by atoms with E-state index in [1.165, 1.54) is 124 Å². The van der Waals surface area contributed by atoms with Gasteiger partial charge in [-0.3, -0.25) is 0 Å². The lowest BCUT2D eigenvalue weighted by molar-refractivity contribution is 1.20. The van der Waals surface area contributed by atoms with E-state index in [9.17, 15) is 0 Å². The second-order valence-corrected chi connectivity index (χ2v) is 16.6. The summed E-state index contributed by atoms with van der Waals surface area (Å²) >= 11 is 1.89. The summed E-state index contributed by atoms with van der Waals surface area (Å²) in [5.41, 5.74) is 8.58. The van der Waals surface area contributed by atoms with E-state index in [-0.39, 0.29) is 0 Å². The van der Waals surface area contributed by atoms with Crippen LogP contribution in [0.5, 0.6) is 0 Å². The average molecular weight is 752 g/mol. The average Bonchev–Trinajstić information content (AvgIpc) is 3.85. The lowest BCUT2D eigenvalue weighted by Gasteiger charge is -2.18. The standard InChI is InChI=1S/C56H33NS/c1-2-14-34(15-3-1)35-28-30-40-41-31-29-36(33-49(41)54-45-21-7-5-17-39(45)38-16-4-6-20-44(38)53(54)48(40)32-35)37-22-12-23-46-42-18-8-10-25-50(42)57(55(37)46)51-26-13-24-47-43-19-9-11-27-52(43)58-56(47)51/h1-33H. The van der Waals surface area contributed by atoms with Crippen LogP contribution < -0.4 is 0 Å². The van der Waals surface area contributed by atoms with E-state index in [2.05, 4.69) is 205 Å². The Bertz CT molecular complexity index is 3850. The van der Waals surface area contributed by atoms with E-state index >= 15 is 0 Å². The normalized spacial score (nSPS) is 12.1. The van der Waals surface area contributed by atoms with Gasteiger partial charge in [-0.05, 0) is 101 Å². The van der Waals surface area contributed by atoms with Crippen LogP contribution in [-0.4, -0.2) is 4.57 Å². The van der Waals surface area contributed by atoms with Gasteiger partial charge in [0.25, 0.3) is 0 Å². The third-order valence-electron chi connectivity index (χ3n) is 12.5. The van der Waals surface area contributed by atoms with Crippen molar-refractivity contribution >= 4 is 107 Å². The first kappa shape index (κ1) is 31.9. The Morgan fingerprint density at radius 2 is 0.845 bits per heavy atom. The molecule has 0 aliphatic rings. The molecular formula is C56H33NS. The van der Waals surface area contributed by atoms with Gasteiger partial charge in [-0.25, -0.2) is 0 Å². The molecular weight excluding hydrogens is 719 g/mol. The van der Waals surface area contributed by atoms with Gasteiger partial charge in [-0.15, -0.1) is 11.3 Å². The summed E-state index contributed by atoms with van der Waals surface area (Å²) in [6.07, 6.45) is 0. The van der Waals surface area contributed by atoms with Crippen molar-refractivity contribution in [1.29, 1.82) is 0 Å².